The molecule has 0 aromatic heterocycles. The van der Waals surface area contributed by atoms with E-state index in [-0.39, 0.29) is 13.2 Å². The van der Waals surface area contributed by atoms with E-state index in [0.717, 1.165) is 5.57 Å². The van der Waals surface area contributed by atoms with Crippen LogP contribution in [-0.4, -0.2) is 18.3 Å². The lowest BCUT2D eigenvalue weighted by Crippen LogP contribution is -1.86. The van der Waals surface area contributed by atoms with Crippen LogP contribution >= 0.6 is 0 Å². The first-order valence-electron chi connectivity index (χ1n) is 2.22. The highest BCUT2D eigenvalue weighted by Gasteiger charge is 1.78. The smallest absolute Gasteiger partial charge is 0.0639 e. The van der Waals surface area contributed by atoms with Crippen LogP contribution in [0.3, 0.4) is 0 Å². The summed E-state index contributed by atoms with van der Waals surface area (Å²) < 4.78 is 0. The molecule has 0 aliphatic heterocycles. The fourth-order valence-corrected chi connectivity index (χ4v) is 0.239. The van der Waals surface area contributed by atoms with Crippen molar-refractivity contribution in [2.45, 2.75) is 6.92 Å². The third-order valence-corrected chi connectivity index (χ3v) is 0.700. The summed E-state index contributed by atoms with van der Waals surface area (Å²) in [6.45, 7) is 2.15. The van der Waals surface area contributed by atoms with Gasteiger partial charge in [-0.2, -0.15) is 0 Å². The fraction of sp³-hybridized carbons (Fsp3) is 0.600. The molecule has 2 heteroatoms. The van der Waals surface area contributed by atoms with Gasteiger partial charge in [-0.05, 0) is 6.92 Å². The molecule has 0 rings (SSSR count). The van der Waals surface area contributed by atoms with Crippen molar-refractivity contribution in [3.63, 3.8) is 0 Å². The zero-order valence-electron chi connectivity index (χ0n) is 4.44. The van der Waals surface area contributed by atoms with Crippen LogP contribution in [-0.2, 0) is 0 Å². The zero-order chi connectivity index (χ0) is 5.70. The molecule has 0 aromatic rings. The van der Waals surface area contributed by atoms with Gasteiger partial charge >= 0.3 is 0 Å². The molecule has 0 aromatic carbocycles. The highest BCUT2D eigenvalue weighted by atomic mass is 16.3. The van der Waals surface area contributed by atoms with Crippen molar-refractivity contribution < 1.29 is 5.11 Å². The molecule has 0 fully saturated rings. The van der Waals surface area contributed by atoms with E-state index in [1.54, 1.807) is 13.0 Å². The van der Waals surface area contributed by atoms with E-state index in [9.17, 15) is 0 Å². The lowest BCUT2D eigenvalue weighted by molar-refractivity contribution is 0.331. The van der Waals surface area contributed by atoms with Crippen LogP contribution in [0.15, 0.2) is 11.6 Å². The molecule has 0 bridgehead atoms. The quantitative estimate of drug-likeness (QED) is 0.495. The number of hydrogen-bond donors (Lipinski definition) is 1. The Labute approximate surface area is 43.6 Å². The van der Waals surface area contributed by atoms with Crippen molar-refractivity contribution in [2.24, 2.45) is 0 Å². The van der Waals surface area contributed by atoms with Crippen LogP contribution in [0.4, 0.5) is 0 Å². The molecule has 0 saturated carbocycles. The van der Waals surface area contributed by atoms with Crippen molar-refractivity contribution in [3.8, 4) is 0 Å². The van der Waals surface area contributed by atoms with Gasteiger partial charge in [0.1, 0.15) is 0 Å². The normalized spacial score (nSPS) is 12.1. The van der Waals surface area contributed by atoms with Gasteiger partial charge in [0.25, 0.3) is 0 Å². The predicted molar refractivity (Wildman–Crippen MR) is 28.8 cm³/mol. The molecule has 0 spiro atoms. The molecule has 0 atom stereocenters. The monoisotopic (exact) mass is 100 g/mol. The van der Waals surface area contributed by atoms with Gasteiger partial charge < -0.3 is 5.11 Å². The van der Waals surface area contributed by atoms with E-state index in [1.807, 2.05) is 0 Å². The topological polar surface area (TPSA) is 44.0 Å². The second-order valence-corrected chi connectivity index (χ2v) is 1.41. The highest BCUT2D eigenvalue weighted by Crippen LogP contribution is 1.85. The van der Waals surface area contributed by atoms with Crippen molar-refractivity contribution in [3.05, 3.63) is 11.6 Å². The molecule has 7 heavy (non-hydrogen) atoms. The summed E-state index contributed by atoms with van der Waals surface area (Å²) in [4.78, 5) is 0. The van der Waals surface area contributed by atoms with Gasteiger partial charge in [-0.3, -0.25) is 5.73 Å². The summed E-state index contributed by atoms with van der Waals surface area (Å²) in [5.41, 5.74) is 7.52. The van der Waals surface area contributed by atoms with Crippen molar-refractivity contribution in [2.75, 3.05) is 13.2 Å². The van der Waals surface area contributed by atoms with Crippen LogP contribution < -0.4 is 5.73 Å². The maximum atomic E-state index is 8.31. The Morgan fingerprint density at radius 1 is 1.86 bits per heavy atom. The van der Waals surface area contributed by atoms with Gasteiger partial charge in [-0.25, -0.2) is 0 Å². The van der Waals surface area contributed by atoms with E-state index in [0.29, 0.717) is 0 Å². The first kappa shape index (κ1) is 6.66. The molecule has 41 valence electrons. The maximum absolute atomic E-state index is 8.31. The van der Waals surface area contributed by atoms with Crippen LogP contribution in [0.5, 0.6) is 0 Å². The SMILES string of the molecule is C/C(=C\C[NH])CO. The number of aliphatic hydroxyl groups excluding tert-OH is 1. The predicted octanol–water partition coefficient (Wildman–Crippen LogP) is 0.208. The molecular formula is C5H10NO. The average molecular weight is 100 g/mol. The third-order valence-electron chi connectivity index (χ3n) is 0.700. The van der Waals surface area contributed by atoms with Gasteiger partial charge in [-0.15, -0.1) is 0 Å². The lowest BCUT2D eigenvalue weighted by Gasteiger charge is -1.87. The van der Waals surface area contributed by atoms with Crippen LogP contribution in [0.25, 0.3) is 0 Å². The summed E-state index contributed by atoms with van der Waals surface area (Å²) >= 11 is 0. The molecule has 0 aliphatic carbocycles. The largest absolute Gasteiger partial charge is 0.392 e. The Bertz CT molecular complexity index is 68.5. The van der Waals surface area contributed by atoms with Crippen molar-refractivity contribution >= 4 is 0 Å². The summed E-state index contributed by atoms with van der Waals surface area (Å²) in [6, 6.07) is 0. The Balaban J connectivity index is 3.29. The van der Waals surface area contributed by atoms with E-state index >= 15 is 0 Å². The Morgan fingerprint density at radius 2 is 2.43 bits per heavy atom. The Kier molecular flexibility index (Phi) is 3.65. The van der Waals surface area contributed by atoms with E-state index < -0.39 is 0 Å². The second-order valence-electron chi connectivity index (χ2n) is 1.41. The summed E-state index contributed by atoms with van der Waals surface area (Å²) in [5, 5.41) is 8.31. The maximum Gasteiger partial charge on any atom is 0.0639 e. The van der Waals surface area contributed by atoms with E-state index in [4.69, 9.17) is 10.8 Å². The fourth-order valence-electron chi connectivity index (χ4n) is 0.239. The minimum atomic E-state index is 0.0822. The molecule has 0 unspecified atom stereocenters. The van der Waals surface area contributed by atoms with Gasteiger partial charge in [0, 0.05) is 6.54 Å². The molecule has 2 nitrogen and oxygen atoms in total. The van der Waals surface area contributed by atoms with Gasteiger partial charge in [0.2, 0.25) is 0 Å². The Morgan fingerprint density at radius 3 is 2.57 bits per heavy atom. The number of aliphatic hydroxyl groups is 1. The molecule has 0 amide bonds. The molecule has 2 N–H and O–H groups in total. The van der Waals surface area contributed by atoms with E-state index in [1.165, 1.54) is 0 Å². The van der Waals surface area contributed by atoms with Crippen LogP contribution in [0.2, 0.25) is 0 Å². The van der Waals surface area contributed by atoms with Gasteiger partial charge in [0.15, 0.2) is 0 Å². The molecular weight excluding hydrogens is 90.1 g/mol. The first-order chi connectivity index (χ1) is 3.31. The highest BCUT2D eigenvalue weighted by molar-refractivity contribution is 4.97. The third kappa shape index (κ3) is 3.49. The van der Waals surface area contributed by atoms with Crippen molar-refractivity contribution in [1.82, 2.24) is 5.73 Å². The number of nitrogens with one attached hydrogen (secondary N) is 1. The standard InChI is InChI=1S/C5H10NO/c1-5(4-7)2-3-6/h2,6-7H,3-4H2,1H3/b5-2+. The zero-order valence-corrected chi connectivity index (χ0v) is 4.44. The van der Waals surface area contributed by atoms with Crippen LogP contribution in [0.1, 0.15) is 6.92 Å². The lowest BCUT2D eigenvalue weighted by atomic mass is 10.3. The minimum absolute atomic E-state index is 0.0822. The first-order valence-corrected chi connectivity index (χ1v) is 2.22. The summed E-state index contributed by atoms with van der Waals surface area (Å²) in [5.74, 6) is 0. The minimum Gasteiger partial charge on any atom is -0.392 e. The molecule has 0 aliphatic rings. The second kappa shape index (κ2) is 3.84. The van der Waals surface area contributed by atoms with Gasteiger partial charge in [-0.1, -0.05) is 11.6 Å². The summed E-state index contributed by atoms with van der Waals surface area (Å²) in [7, 11) is 0. The van der Waals surface area contributed by atoms with Crippen molar-refractivity contribution in [1.29, 1.82) is 0 Å². The average Bonchev–Trinajstić information content (AvgIpc) is 1.68. The Hall–Kier alpha value is -0.340. The van der Waals surface area contributed by atoms with E-state index in [2.05, 4.69) is 0 Å². The number of hydrogen-bond acceptors (Lipinski definition) is 1. The number of rotatable bonds is 2. The van der Waals surface area contributed by atoms with Gasteiger partial charge in [0.05, 0.1) is 6.61 Å². The van der Waals surface area contributed by atoms with Crippen LogP contribution in [0, 0.1) is 0 Å². The molecule has 1 radical (unpaired) electrons. The molecule has 0 saturated heterocycles. The summed E-state index contributed by atoms with van der Waals surface area (Å²) in [6.07, 6.45) is 1.68. The molecule has 0 heterocycles.